The van der Waals surface area contributed by atoms with E-state index in [1.165, 1.54) is 0 Å². The number of carboxylic acid groups (broad SMARTS) is 1. The lowest BCUT2D eigenvalue weighted by Crippen LogP contribution is -2.15. The monoisotopic (exact) mass is 383 g/mol. The van der Waals surface area contributed by atoms with Crippen LogP contribution in [0.25, 0.3) is 11.4 Å². The van der Waals surface area contributed by atoms with Gasteiger partial charge in [-0.25, -0.2) is 4.98 Å². The number of carboxylic acids is 1. The van der Waals surface area contributed by atoms with Gasteiger partial charge in [0.05, 0.1) is 11.4 Å². The number of pyridine rings is 1. The maximum Gasteiger partial charge on any atom is 0.322 e. The van der Waals surface area contributed by atoms with Gasteiger partial charge < -0.3 is 15.7 Å². The van der Waals surface area contributed by atoms with Gasteiger partial charge in [0.1, 0.15) is 12.4 Å². The van der Waals surface area contributed by atoms with E-state index in [4.69, 9.17) is 16.7 Å². The summed E-state index contributed by atoms with van der Waals surface area (Å²) >= 11 is 6.10. The highest BCUT2D eigenvalue weighted by Gasteiger charge is 2.11. The highest BCUT2D eigenvalue weighted by molar-refractivity contribution is 6.30. The van der Waals surface area contributed by atoms with Crippen LogP contribution in [-0.2, 0) is 4.79 Å². The molecule has 2 aromatic heterocycles. The Hall–Kier alpha value is -3.19. The molecule has 27 heavy (non-hydrogen) atoms. The molecule has 7 nitrogen and oxygen atoms in total. The van der Waals surface area contributed by atoms with Gasteiger partial charge in [-0.05, 0) is 49.2 Å². The summed E-state index contributed by atoms with van der Waals surface area (Å²) < 4.78 is 0. The average molecular weight is 384 g/mol. The van der Waals surface area contributed by atoms with Gasteiger partial charge in [-0.1, -0.05) is 17.7 Å². The van der Waals surface area contributed by atoms with E-state index in [2.05, 4.69) is 25.6 Å². The van der Waals surface area contributed by atoms with Crippen molar-refractivity contribution in [3.63, 3.8) is 0 Å². The van der Waals surface area contributed by atoms with E-state index in [0.29, 0.717) is 22.2 Å². The number of aryl methyl sites for hydroxylation is 2. The molecule has 0 aliphatic heterocycles. The SMILES string of the molecule is Cc1cc(Cl)cc(C)c1Nc1cc(-c2ccccn2)nc(NCC(=O)O)n1. The van der Waals surface area contributed by atoms with E-state index in [0.717, 1.165) is 16.8 Å². The van der Waals surface area contributed by atoms with Crippen molar-refractivity contribution in [1.82, 2.24) is 15.0 Å². The number of aromatic nitrogens is 3. The predicted octanol–water partition coefficient (Wildman–Crippen LogP) is 4.05. The van der Waals surface area contributed by atoms with Gasteiger partial charge in [0.2, 0.25) is 5.95 Å². The Morgan fingerprint density at radius 3 is 2.48 bits per heavy atom. The zero-order valence-corrected chi connectivity index (χ0v) is 15.6. The fraction of sp³-hybridized carbons (Fsp3) is 0.158. The highest BCUT2D eigenvalue weighted by atomic mass is 35.5. The number of anilines is 3. The smallest absolute Gasteiger partial charge is 0.322 e. The van der Waals surface area contributed by atoms with E-state index < -0.39 is 5.97 Å². The Kier molecular flexibility index (Phi) is 5.52. The molecule has 0 unspecified atom stereocenters. The average Bonchev–Trinajstić information content (AvgIpc) is 2.63. The van der Waals surface area contributed by atoms with Crippen LogP contribution in [0.4, 0.5) is 17.5 Å². The van der Waals surface area contributed by atoms with Crippen molar-refractivity contribution in [3.8, 4) is 11.4 Å². The Balaban J connectivity index is 2.01. The number of nitrogens with zero attached hydrogens (tertiary/aromatic N) is 3. The van der Waals surface area contributed by atoms with Gasteiger partial charge >= 0.3 is 5.97 Å². The molecule has 0 amide bonds. The van der Waals surface area contributed by atoms with Crippen molar-refractivity contribution < 1.29 is 9.90 Å². The lowest BCUT2D eigenvalue weighted by Gasteiger charge is -2.14. The molecule has 0 atom stereocenters. The van der Waals surface area contributed by atoms with Crippen molar-refractivity contribution in [2.45, 2.75) is 13.8 Å². The summed E-state index contributed by atoms with van der Waals surface area (Å²) in [6.07, 6.45) is 1.67. The van der Waals surface area contributed by atoms with E-state index >= 15 is 0 Å². The first-order chi connectivity index (χ1) is 12.9. The van der Waals surface area contributed by atoms with Gasteiger partial charge in [0, 0.05) is 23.0 Å². The van der Waals surface area contributed by atoms with E-state index in [-0.39, 0.29) is 12.5 Å². The van der Waals surface area contributed by atoms with Crippen molar-refractivity contribution in [3.05, 3.63) is 58.7 Å². The summed E-state index contributed by atoms with van der Waals surface area (Å²) in [7, 11) is 0. The minimum atomic E-state index is -0.999. The number of rotatable bonds is 6. The first kappa shape index (κ1) is 18.6. The van der Waals surface area contributed by atoms with Gasteiger partial charge in [0.25, 0.3) is 0 Å². The number of carbonyl (C=O) groups is 1. The molecule has 0 spiro atoms. The lowest BCUT2D eigenvalue weighted by atomic mass is 10.1. The number of halogens is 1. The topological polar surface area (TPSA) is 100 Å². The Labute approximate surface area is 161 Å². The largest absolute Gasteiger partial charge is 0.480 e. The zero-order chi connectivity index (χ0) is 19.4. The number of hydrogen-bond donors (Lipinski definition) is 3. The standard InChI is InChI=1S/C19H18ClN5O2/c1-11-7-13(20)8-12(2)18(11)24-16-9-15(14-5-3-4-6-21-14)23-19(25-16)22-10-17(26)27/h3-9H,10H2,1-2H3,(H,26,27)(H2,22,23,24,25). The molecule has 2 heterocycles. The maximum absolute atomic E-state index is 10.9. The molecule has 1 aromatic carbocycles. The molecule has 0 aliphatic rings. The quantitative estimate of drug-likeness (QED) is 0.590. The molecule has 3 rings (SSSR count). The highest BCUT2D eigenvalue weighted by Crippen LogP contribution is 2.29. The summed E-state index contributed by atoms with van der Waals surface area (Å²) in [5, 5.41) is 15.6. The third kappa shape index (κ3) is 4.71. The van der Waals surface area contributed by atoms with Gasteiger partial charge in [0.15, 0.2) is 0 Å². The molecule has 0 radical (unpaired) electrons. The Bertz CT molecular complexity index is 956. The number of aliphatic carboxylic acids is 1. The van der Waals surface area contributed by atoms with Crippen LogP contribution in [0.2, 0.25) is 5.02 Å². The molecule has 0 aliphatic carbocycles. The molecular formula is C19H18ClN5O2. The first-order valence-corrected chi connectivity index (χ1v) is 8.60. The maximum atomic E-state index is 10.9. The first-order valence-electron chi connectivity index (χ1n) is 8.22. The summed E-state index contributed by atoms with van der Waals surface area (Å²) in [5.74, 6) is -0.278. The van der Waals surface area contributed by atoms with Crippen LogP contribution in [0.15, 0.2) is 42.6 Å². The van der Waals surface area contributed by atoms with Crippen LogP contribution in [-0.4, -0.2) is 32.6 Å². The number of benzene rings is 1. The summed E-state index contributed by atoms with van der Waals surface area (Å²) in [6.45, 7) is 3.61. The minimum absolute atomic E-state index is 0.201. The summed E-state index contributed by atoms with van der Waals surface area (Å²) in [4.78, 5) is 23.9. The second kappa shape index (κ2) is 8.01. The van der Waals surface area contributed by atoms with Crippen LogP contribution >= 0.6 is 11.6 Å². The predicted molar refractivity (Wildman–Crippen MR) is 106 cm³/mol. The van der Waals surface area contributed by atoms with Crippen LogP contribution in [0.5, 0.6) is 0 Å². The number of nitrogens with one attached hydrogen (secondary N) is 2. The summed E-state index contributed by atoms with van der Waals surface area (Å²) in [6, 6.07) is 11.0. The van der Waals surface area contributed by atoms with Crippen molar-refractivity contribution >= 4 is 35.0 Å². The van der Waals surface area contributed by atoms with Crippen LogP contribution in [0.3, 0.4) is 0 Å². The molecule has 0 bridgehead atoms. The van der Waals surface area contributed by atoms with Gasteiger partial charge in [-0.2, -0.15) is 4.98 Å². The second-order valence-electron chi connectivity index (χ2n) is 5.96. The fourth-order valence-corrected chi connectivity index (χ4v) is 2.95. The van der Waals surface area contributed by atoms with E-state index in [1.54, 1.807) is 12.3 Å². The van der Waals surface area contributed by atoms with Gasteiger partial charge in [-0.15, -0.1) is 0 Å². The van der Waals surface area contributed by atoms with Crippen molar-refractivity contribution in [2.24, 2.45) is 0 Å². The lowest BCUT2D eigenvalue weighted by molar-refractivity contribution is -0.134. The molecule has 0 saturated carbocycles. The molecular weight excluding hydrogens is 366 g/mol. The third-order valence-electron chi connectivity index (χ3n) is 3.80. The Morgan fingerprint density at radius 2 is 1.85 bits per heavy atom. The molecule has 138 valence electrons. The van der Waals surface area contributed by atoms with Crippen molar-refractivity contribution in [1.29, 1.82) is 0 Å². The van der Waals surface area contributed by atoms with E-state index in [1.807, 2.05) is 44.2 Å². The van der Waals surface area contributed by atoms with Gasteiger partial charge in [-0.3, -0.25) is 9.78 Å². The zero-order valence-electron chi connectivity index (χ0n) is 14.8. The van der Waals surface area contributed by atoms with Crippen LogP contribution in [0.1, 0.15) is 11.1 Å². The van der Waals surface area contributed by atoms with Crippen molar-refractivity contribution in [2.75, 3.05) is 17.2 Å². The third-order valence-corrected chi connectivity index (χ3v) is 4.02. The molecule has 3 N–H and O–H groups in total. The number of hydrogen-bond acceptors (Lipinski definition) is 6. The molecule has 3 aromatic rings. The van der Waals surface area contributed by atoms with E-state index in [9.17, 15) is 4.79 Å². The molecule has 0 fully saturated rings. The minimum Gasteiger partial charge on any atom is -0.480 e. The Morgan fingerprint density at radius 1 is 1.11 bits per heavy atom. The fourth-order valence-electron chi connectivity index (χ4n) is 2.63. The second-order valence-corrected chi connectivity index (χ2v) is 6.40. The summed E-state index contributed by atoms with van der Waals surface area (Å²) in [5.41, 5.74) is 4.06. The molecule has 8 heteroatoms. The van der Waals surface area contributed by atoms with Crippen LogP contribution < -0.4 is 10.6 Å². The molecule has 0 saturated heterocycles. The normalized spacial score (nSPS) is 10.5. The van der Waals surface area contributed by atoms with Crippen LogP contribution in [0, 0.1) is 13.8 Å².